The molecule has 4 aromatic rings. The molecular weight excluding hydrogens is 436 g/mol. The number of hydrogen-bond donors (Lipinski definition) is 1. The second-order valence-corrected chi connectivity index (χ2v) is 9.76. The normalized spacial score (nSPS) is 15.3. The van der Waals surface area contributed by atoms with Gasteiger partial charge in [-0.2, -0.15) is 5.10 Å². The summed E-state index contributed by atoms with van der Waals surface area (Å²) in [7, 11) is -3.83. The third kappa shape index (κ3) is 3.89. The van der Waals surface area contributed by atoms with Crippen molar-refractivity contribution in [1.29, 1.82) is 0 Å². The molecule has 166 valence electrons. The topological polar surface area (TPSA) is 84.3 Å². The van der Waals surface area contributed by atoms with Gasteiger partial charge in [0.2, 0.25) is 0 Å². The first kappa shape index (κ1) is 21.0. The fourth-order valence-corrected chi connectivity index (χ4v) is 5.86. The average Bonchev–Trinajstić information content (AvgIpc) is 3.43. The maximum Gasteiger partial charge on any atom is 0.264 e. The lowest BCUT2D eigenvalue weighted by Gasteiger charge is -2.24. The van der Waals surface area contributed by atoms with Crippen molar-refractivity contribution in [2.24, 2.45) is 0 Å². The lowest BCUT2D eigenvalue weighted by atomic mass is 10.1. The van der Waals surface area contributed by atoms with Crippen molar-refractivity contribution < 1.29 is 13.2 Å². The zero-order chi connectivity index (χ0) is 23.0. The standard InChI is InChI=1S/C25H22N4O3S/c1-18-16-19-8-5-6-13-23(19)29(18)33(31,32)22-12-7-9-20(17-22)25(30)26-24-14-15-28(27-24)21-10-3-2-4-11-21/h2-15,17-18H,16H2,1H3,(H,26,27,30). The second kappa shape index (κ2) is 8.22. The van der Waals surface area contributed by atoms with E-state index in [0.29, 0.717) is 17.9 Å². The highest BCUT2D eigenvalue weighted by molar-refractivity contribution is 7.92. The van der Waals surface area contributed by atoms with E-state index in [1.807, 2.05) is 61.5 Å². The summed E-state index contributed by atoms with van der Waals surface area (Å²) >= 11 is 0. The Bertz CT molecular complexity index is 1430. The first-order valence-electron chi connectivity index (χ1n) is 10.6. The van der Waals surface area contributed by atoms with Crippen molar-refractivity contribution in [2.75, 3.05) is 9.62 Å². The molecule has 0 radical (unpaired) electrons. The molecule has 1 aliphatic heterocycles. The Hall–Kier alpha value is -3.91. The summed E-state index contributed by atoms with van der Waals surface area (Å²) in [6, 6.07) is 24.6. The average molecular weight is 459 g/mol. The summed E-state index contributed by atoms with van der Waals surface area (Å²) in [6.45, 7) is 1.89. The SMILES string of the molecule is CC1Cc2ccccc2N1S(=O)(=O)c1cccc(C(=O)Nc2ccn(-c3ccccc3)n2)c1. The monoisotopic (exact) mass is 458 g/mol. The van der Waals surface area contributed by atoms with E-state index in [1.54, 1.807) is 29.1 Å². The lowest BCUT2D eigenvalue weighted by molar-refractivity contribution is 0.102. The third-order valence-electron chi connectivity index (χ3n) is 5.65. The number of rotatable bonds is 5. The quantitative estimate of drug-likeness (QED) is 0.484. The summed E-state index contributed by atoms with van der Waals surface area (Å²) in [5.74, 6) is -0.0561. The van der Waals surface area contributed by atoms with Crippen LogP contribution in [0.25, 0.3) is 5.69 Å². The van der Waals surface area contributed by atoms with Gasteiger partial charge in [-0.1, -0.05) is 42.5 Å². The van der Waals surface area contributed by atoms with E-state index in [4.69, 9.17) is 0 Å². The van der Waals surface area contributed by atoms with Crippen molar-refractivity contribution >= 4 is 27.4 Å². The minimum Gasteiger partial charge on any atom is -0.305 e. The van der Waals surface area contributed by atoms with Crippen LogP contribution >= 0.6 is 0 Å². The molecule has 7 nitrogen and oxygen atoms in total. The first-order valence-corrected chi connectivity index (χ1v) is 12.0. The summed E-state index contributed by atoms with van der Waals surface area (Å²) < 4.78 is 30.1. The summed E-state index contributed by atoms with van der Waals surface area (Å²) in [5.41, 5.74) is 2.79. The van der Waals surface area contributed by atoms with Crippen molar-refractivity contribution in [3.05, 3.63) is 102 Å². The maximum atomic E-state index is 13.5. The molecule has 0 saturated heterocycles. The number of benzene rings is 3. The summed E-state index contributed by atoms with van der Waals surface area (Å²) in [4.78, 5) is 12.9. The Morgan fingerprint density at radius 3 is 2.55 bits per heavy atom. The number of sulfonamides is 1. The predicted octanol–water partition coefficient (Wildman–Crippen LogP) is 4.26. The first-order chi connectivity index (χ1) is 15.9. The molecule has 33 heavy (non-hydrogen) atoms. The smallest absolute Gasteiger partial charge is 0.264 e. The van der Waals surface area contributed by atoms with Gasteiger partial charge in [0.05, 0.1) is 16.3 Å². The fraction of sp³-hybridized carbons (Fsp3) is 0.120. The highest BCUT2D eigenvalue weighted by Crippen LogP contribution is 2.36. The van der Waals surface area contributed by atoms with Crippen LogP contribution in [0.15, 0.2) is 96.0 Å². The molecule has 1 amide bonds. The molecule has 0 bridgehead atoms. The molecule has 8 heteroatoms. The van der Waals surface area contributed by atoms with Gasteiger partial charge >= 0.3 is 0 Å². The van der Waals surface area contributed by atoms with Crippen molar-refractivity contribution in [1.82, 2.24) is 9.78 Å². The molecule has 0 fully saturated rings. The molecule has 0 aliphatic carbocycles. The zero-order valence-corrected chi connectivity index (χ0v) is 18.7. The van der Waals surface area contributed by atoms with Gasteiger partial charge in [-0.25, -0.2) is 13.1 Å². The molecule has 1 atom stereocenters. The van der Waals surface area contributed by atoms with Crippen LogP contribution in [0.2, 0.25) is 0 Å². The van der Waals surface area contributed by atoms with Crippen LogP contribution in [0.5, 0.6) is 0 Å². The minimum atomic E-state index is -3.83. The number of hydrogen-bond acceptors (Lipinski definition) is 4. The molecule has 1 N–H and O–H groups in total. The Kier molecular flexibility index (Phi) is 5.22. The number of amides is 1. The van der Waals surface area contributed by atoms with Gasteiger partial charge in [0.15, 0.2) is 5.82 Å². The molecule has 0 saturated carbocycles. The van der Waals surface area contributed by atoms with Gasteiger partial charge in [0.1, 0.15) is 0 Å². The molecule has 3 aromatic carbocycles. The van der Waals surface area contributed by atoms with Gasteiger partial charge in [-0.15, -0.1) is 0 Å². The molecular formula is C25H22N4O3S. The molecule has 5 rings (SSSR count). The molecule has 0 spiro atoms. The van der Waals surface area contributed by atoms with E-state index in [2.05, 4.69) is 10.4 Å². The van der Waals surface area contributed by atoms with Gasteiger partial charge in [0, 0.05) is 23.9 Å². The molecule has 1 unspecified atom stereocenters. The predicted molar refractivity (Wildman–Crippen MR) is 127 cm³/mol. The largest absolute Gasteiger partial charge is 0.305 e. The second-order valence-electron chi connectivity index (χ2n) is 7.95. The van der Waals surface area contributed by atoms with Crippen LogP contribution in [-0.4, -0.2) is 30.1 Å². The number of anilines is 2. The van der Waals surface area contributed by atoms with Crippen molar-refractivity contribution in [3.63, 3.8) is 0 Å². The van der Waals surface area contributed by atoms with Crippen LogP contribution in [0, 0.1) is 0 Å². The summed E-state index contributed by atoms with van der Waals surface area (Å²) in [6.07, 6.45) is 2.40. The minimum absolute atomic E-state index is 0.0773. The molecule has 2 heterocycles. The Balaban J connectivity index is 1.39. The molecule has 1 aromatic heterocycles. The number of nitrogens with one attached hydrogen (secondary N) is 1. The van der Waals surface area contributed by atoms with Crippen LogP contribution in [0.4, 0.5) is 11.5 Å². The highest BCUT2D eigenvalue weighted by atomic mass is 32.2. The van der Waals surface area contributed by atoms with Crippen LogP contribution in [0.3, 0.4) is 0 Å². The van der Waals surface area contributed by atoms with Crippen molar-refractivity contribution in [3.8, 4) is 5.69 Å². The number of para-hydroxylation sites is 2. The number of carbonyl (C=O) groups is 1. The van der Waals surface area contributed by atoms with Crippen LogP contribution in [-0.2, 0) is 16.4 Å². The van der Waals surface area contributed by atoms with E-state index in [-0.39, 0.29) is 16.5 Å². The Morgan fingerprint density at radius 2 is 1.73 bits per heavy atom. The lowest BCUT2D eigenvalue weighted by Crippen LogP contribution is -2.35. The van der Waals surface area contributed by atoms with Gasteiger partial charge in [-0.05, 0) is 55.3 Å². The number of nitrogens with zero attached hydrogens (tertiary/aromatic N) is 3. The summed E-state index contributed by atoms with van der Waals surface area (Å²) in [5, 5.41) is 7.12. The van der Waals surface area contributed by atoms with Crippen molar-refractivity contribution in [2.45, 2.75) is 24.3 Å². The van der Waals surface area contributed by atoms with Crippen LogP contribution in [0.1, 0.15) is 22.8 Å². The van der Waals surface area contributed by atoms with E-state index in [9.17, 15) is 13.2 Å². The van der Waals surface area contributed by atoms with Gasteiger partial charge < -0.3 is 5.32 Å². The zero-order valence-electron chi connectivity index (χ0n) is 17.9. The van der Waals surface area contributed by atoms with E-state index in [1.165, 1.54) is 16.4 Å². The third-order valence-corrected chi connectivity index (χ3v) is 7.57. The van der Waals surface area contributed by atoms with Gasteiger partial charge in [0.25, 0.3) is 15.9 Å². The van der Waals surface area contributed by atoms with E-state index in [0.717, 1.165) is 11.3 Å². The Morgan fingerprint density at radius 1 is 0.970 bits per heavy atom. The van der Waals surface area contributed by atoms with E-state index < -0.39 is 15.9 Å². The van der Waals surface area contributed by atoms with Crippen LogP contribution < -0.4 is 9.62 Å². The maximum absolute atomic E-state index is 13.5. The highest BCUT2D eigenvalue weighted by Gasteiger charge is 2.36. The number of carbonyl (C=O) groups excluding carboxylic acids is 1. The Labute approximate surface area is 192 Å². The fourth-order valence-electron chi connectivity index (χ4n) is 4.12. The number of aromatic nitrogens is 2. The number of fused-ring (bicyclic) bond motifs is 1. The molecule has 1 aliphatic rings. The van der Waals surface area contributed by atoms with Gasteiger partial charge in [-0.3, -0.25) is 9.10 Å². The van der Waals surface area contributed by atoms with E-state index >= 15 is 0 Å².